The number of carbonyl (C=O) groups is 2. The smallest absolute Gasteiger partial charge is 0.282 e. The first kappa shape index (κ1) is 25.9. The first-order valence-corrected chi connectivity index (χ1v) is 12.8. The fraction of sp³-hybridized carbons (Fsp3) is 0.259. The quantitative estimate of drug-likeness (QED) is 0.294. The van der Waals surface area contributed by atoms with Crippen LogP contribution >= 0.6 is 11.3 Å². The summed E-state index contributed by atoms with van der Waals surface area (Å²) >= 11 is 1.28. The Kier molecular flexibility index (Phi) is 8.88. The van der Waals surface area contributed by atoms with Crippen LogP contribution in [0.5, 0.6) is 0 Å². The Morgan fingerprint density at radius 2 is 1.84 bits per heavy atom. The van der Waals surface area contributed by atoms with Crippen LogP contribution in [0.15, 0.2) is 71.8 Å². The highest BCUT2D eigenvalue weighted by Gasteiger charge is 2.13. The van der Waals surface area contributed by atoms with Crippen LogP contribution in [0.4, 0.5) is 5.69 Å². The van der Waals surface area contributed by atoms with Gasteiger partial charge in [-0.2, -0.15) is 0 Å². The number of nitrogens with zero attached hydrogens (tertiary/aromatic N) is 4. The van der Waals surface area contributed by atoms with Gasteiger partial charge in [0.25, 0.3) is 11.5 Å². The van der Waals surface area contributed by atoms with Crippen molar-refractivity contribution < 1.29 is 9.59 Å². The van der Waals surface area contributed by atoms with Gasteiger partial charge in [-0.25, -0.2) is 0 Å². The lowest BCUT2D eigenvalue weighted by molar-refractivity contribution is -0.115. The van der Waals surface area contributed by atoms with Crippen molar-refractivity contribution in [2.75, 3.05) is 5.32 Å². The lowest BCUT2D eigenvalue weighted by Crippen LogP contribution is -2.22. The molecule has 10 heteroatoms. The van der Waals surface area contributed by atoms with Crippen molar-refractivity contribution in [3.05, 3.63) is 104 Å². The maximum atomic E-state index is 12.4. The van der Waals surface area contributed by atoms with Gasteiger partial charge < -0.3 is 15.2 Å². The third kappa shape index (κ3) is 7.91. The number of pyridine rings is 2. The number of unbranched alkanes of at least 4 members (excludes halogenated alkanes) is 1. The summed E-state index contributed by atoms with van der Waals surface area (Å²) in [4.78, 5) is 41.2. The molecule has 0 unspecified atom stereocenters. The highest BCUT2D eigenvalue weighted by atomic mass is 32.1. The molecule has 0 aliphatic rings. The third-order valence-electron chi connectivity index (χ3n) is 5.61. The zero-order chi connectivity index (χ0) is 26.0. The van der Waals surface area contributed by atoms with Crippen molar-refractivity contribution in [1.29, 1.82) is 0 Å². The van der Waals surface area contributed by atoms with Gasteiger partial charge >= 0.3 is 0 Å². The van der Waals surface area contributed by atoms with Gasteiger partial charge in [-0.1, -0.05) is 47.7 Å². The van der Waals surface area contributed by atoms with Crippen LogP contribution in [-0.4, -0.2) is 31.6 Å². The number of hydrogen-bond donors (Lipinski definition) is 2. The summed E-state index contributed by atoms with van der Waals surface area (Å²) in [5.41, 5.74) is 3.07. The van der Waals surface area contributed by atoms with Gasteiger partial charge in [-0.05, 0) is 43.0 Å². The van der Waals surface area contributed by atoms with E-state index in [9.17, 15) is 14.4 Å². The topological polar surface area (TPSA) is 119 Å². The first-order valence-electron chi connectivity index (χ1n) is 12.0. The first-order chi connectivity index (χ1) is 18.0. The van der Waals surface area contributed by atoms with Crippen LogP contribution in [0.25, 0.3) is 0 Å². The molecular weight excluding hydrogens is 488 g/mol. The van der Waals surface area contributed by atoms with E-state index in [4.69, 9.17) is 0 Å². The van der Waals surface area contributed by atoms with Gasteiger partial charge in [-0.15, -0.1) is 10.2 Å². The van der Waals surface area contributed by atoms with E-state index in [2.05, 4.69) is 25.8 Å². The highest BCUT2D eigenvalue weighted by molar-refractivity contribution is 7.13. The van der Waals surface area contributed by atoms with E-state index in [1.165, 1.54) is 17.4 Å². The SMILES string of the molecule is Cc1ccc(CNC(=O)c2nnc(CCCCn3ccc(NC(=O)Cc4ccccc4)cc3=O)s2)cn1. The fourth-order valence-electron chi connectivity index (χ4n) is 3.62. The molecule has 190 valence electrons. The van der Waals surface area contributed by atoms with Crippen LogP contribution in [0.3, 0.4) is 0 Å². The molecule has 4 aromatic rings. The average molecular weight is 517 g/mol. The number of hydrogen-bond acceptors (Lipinski definition) is 7. The number of benzene rings is 1. The van der Waals surface area contributed by atoms with E-state index in [0.29, 0.717) is 30.2 Å². The molecule has 3 heterocycles. The number of carbonyl (C=O) groups excluding carboxylic acids is 2. The minimum atomic E-state index is -0.258. The number of rotatable bonds is 11. The molecule has 2 N–H and O–H groups in total. The number of aryl methyl sites for hydroxylation is 3. The third-order valence-corrected chi connectivity index (χ3v) is 6.60. The van der Waals surface area contributed by atoms with E-state index in [1.807, 2.05) is 49.4 Å². The molecule has 0 fully saturated rings. The molecule has 4 rings (SSSR count). The standard InChI is InChI=1S/C27H28N6O3S/c1-19-10-11-21(17-28-19)18-29-26(36)27-32-31-24(37-27)9-5-6-13-33-14-12-22(16-25(33)35)30-23(34)15-20-7-3-2-4-8-20/h2-4,7-8,10-12,14,16-17H,5-6,9,13,15,18H2,1H3,(H,29,36)(H,30,34). The van der Waals surface area contributed by atoms with E-state index in [-0.39, 0.29) is 23.8 Å². The van der Waals surface area contributed by atoms with Crippen molar-refractivity contribution in [1.82, 2.24) is 25.1 Å². The van der Waals surface area contributed by atoms with Gasteiger partial charge in [0.15, 0.2) is 0 Å². The molecule has 0 saturated heterocycles. The second kappa shape index (κ2) is 12.7. The summed E-state index contributed by atoms with van der Waals surface area (Å²) in [7, 11) is 0. The lowest BCUT2D eigenvalue weighted by atomic mass is 10.1. The molecule has 0 aliphatic carbocycles. The maximum Gasteiger partial charge on any atom is 0.282 e. The molecule has 0 radical (unpaired) electrons. The predicted octanol–water partition coefficient (Wildman–Crippen LogP) is 3.54. The average Bonchev–Trinajstić information content (AvgIpc) is 3.37. The van der Waals surface area contributed by atoms with Crippen LogP contribution in [0.1, 0.15) is 44.5 Å². The zero-order valence-corrected chi connectivity index (χ0v) is 21.3. The van der Waals surface area contributed by atoms with Crippen LogP contribution in [-0.2, 0) is 30.7 Å². The molecule has 37 heavy (non-hydrogen) atoms. The summed E-state index contributed by atoms with van der Waals surface area (Å²) < 4.78 is 1.62. The second-order valence-electron chi connectivity index (χ2n) is 8.61. The normalized spacial score (nSPS) is 10.7. The Hall–Kier alpha value is -4.18. The Labute approximate surface area is 218 Å². The van der Waals surface area contributed by atoms with Gasteiger partial charge in [0.1, 0.15) is 5.01 Å². The van der Waals surface area contributed by atoms with Crippen LogP contribution in [0.2, 0.25) is 0 Å². The van der Waals surface area contributed by atoms with Crippen LogP contribution < -0.4 is 16.2 Å². The van der Waals surface area contributed by atoms with E-state index in [0.717, 1.165) is 34.7 Å². The lowest BCUT2D eigenvalue weighted by Gasteiger charge is -2.08. The minimum absolute atomic E-state index is 0.166. The van der Waals surface area contributed by atoms with Crippen molar-refractivity contribution in [3.8, 4) is 0 Å². The minimum Gasteiger partial charge on any atom is -0.346 e. The van der Waals surface area contributed by atoms with Crippen molar-refractivity contribution in [2.45, 2.75) is 45.7 Å². The Morgan fingerprint density at radius 1 is 1.00 bits per heavy atom. The summed E-state index contributed by atoms with van der Waals surface area (Å²) in [6, 6.07) is 16.4. The summed E-state index contributed by atoms with van der Waals surface area (Å²) in [5.74, 6) is -0.424. The molecule has 0 atom stereocenters. The molecule has 2 amide bonds. The maximum absolute atomic E-state index is 12.4. The molecule has 0 saturated carbocycles. The Bertz CT molecular complexity index is 1400. The zero-order valence-electron chi connectivity index (χ0n) is 20.5. The predicted molar refractivity (Wildman–Crippen MR) is 142 cm³/mol. The molecule has 0 bridgehead atoms. The van der Waals surface area contributed by atoms with Crippen LogP contribution in [0, 0.1) is 6.92 Å². The van der Waals surface area contributed by atoms with Gasteiger partial charge in [-0.3, -0.25) is 19.4 Å². The monoisotopic (exact) mass is 516 g/mol. The number of amides is 2. The van der Waals surface area contributed by atoms with E-state index in [1.54, 1.807) is 23.0 Å². The summed E-state index contributed by atoms with van der Waals surface area (Å²) in [6.45, 7) is 2.84. The Balaban J connectivity index is 1.19. The van der Waals surface area contributed by atoms with Crippen molar-refractivity contribution in [3.63, 3.8) is 0 Å². The molecule has 0 aliphatic heterocycles. The summed E-state index contributed by atoms with van der Waals surface area (Å²) in [6.07, 6.45) is 5.92. The summed E-state index contributed by atoms with van der Waals surface area (Å²) in [5, 5.41) is 14.9. The van der Waals surface area contributed by atoms with E-state index >= 15 is 0 Å². The van der Waals surface area contributed by atoms with Crippen molar-refractivity contribution >= 4 is 28.8 Å². The van der Waals surface area contributed by atoms with Gasteiger partial charge in [0.05, 0.1) is 6.42 Å². The van der Waals surface area contributed by atoms with E-state index < -0.39 is 0 Å². The number of aromatic nitrogens is 4. The van der Waals surface area contributed by atoms with Gasteiger partial charge in [0.2, 0.25) is 10.9 Å². The second-order valence-corrected chi connectivity index (χ2v) is 9.67. The molecule has 0 spiro atoms. The highest BCUT2D eigenvalue weighted by Crippen LogP contribution is 2.13. The largest absolute Gasteiger partial charge is 0.346 e. The number of nitrogens with one attached hydrogen (secondary N) is 2. The van der Waals surface area contributed by atoms with Gasteiger partial charge in [0, 0.05) is 49.4 Å². The molecule has 9 nitrogen and oxygen atoms in total. The fourth-order valence-corrected chi connectivity index (χ4v) is 4.42. The van der Waals surface area contributed by atoms with Crippen molar-refractivity contribution in [2.24, 2.45) is 0 Å². The molecular formula is C27H28N6O3S. The molecule has 1 aromatic carbocycles. The Morgan fingerprint density at radius 3 is 2.59 bits per heavy atom. The molecule has 3 aromatic heterocycles. The number of anilines is 1.